The van der Waals surface area contributed by atoms with Gasteiger partial charge in [-0.3, -0.25) is 5.10 Å². The first-order chi connectivity index (χ1) is 9.02. The van der Waals surface area contributed by atoms with Gasteiger partial charge in [0.25, 0.3) is 0 Å². The first-order valence-corrected chi connectivity index (χ1v) is 6.79. The Morgan fingerprint density at radius 2 is 2.11 bits per heavy atom. The van der Waals surface area contributed by atoms with Gasteiger partial charge < -0.3 is 9.30 Å². The van der Waals surface area contributed by atoms with Crippen LogP contribution in [0.5, 0.6) is 5.75 Å². The summed E-state index contributed by atoms with van der Waals surface area (Å²) in [5.74, 6) is 1.69. The lowest BCUT2D eigenvalue weighted by Crippen LogP contribution is -2.12. The molecule has 0 aliphatic carbocycles. The van der Waals surface area contributed by atoms with E-state index in [4.69, 9.17) is 17.0 Å². The second-order valence-electron chi connectivity index (χ2n) is 4.71. The van der Waals surface area contributed by atoms with Crippen molar-refractivity contribution in [2.24, 2.45) is 7.05 Å². The number of aromatic nitrogens is 3. The predicted molar refractivity (Wildman–Crippen MR) is 78.0 cm³/mol. The Kier molecular flexibility index (Phi) is 4.04. The Labute approximate surface area is 118 Å². The van der Waals surface area contributed by atoms with Crippen LogP contribution in [0.3, 0.4) is 0 Å². The Bertz CT molecular complexity index is 630. The van der Waals surface area contributed by atoms with Crippen LogP contribution in [0.4, 0.5) is 0 Å². The molecule has 2 rings (SSSR count). The number of benzene rings is 1. The van der Waals surface area contributed by atoms with E-state index in [0.29, 0.717) is 4.77 Å². The van der Waals surface area contributed by atoms with E-state index in [2.05, 4.69) is 43.1 Å². The van der Waals surface area contributed by atoms with E-state index in [1.807, 2.05) is 17.7 Å². The molecule has 4 nitrogen and oxygen atoms in total. The first kappa shape index (κ1) is 13.8. The molecule has 1 N–H and O–H groups in total. The van der Waals surface area contributed by atoms with Crippen LogP contribution in [0.25, 0.3) is 0 Å². The summed E-state index contributed by atoms with van der Waals surface area (Å²) >= 11 is 5.13. The molecule has 102 valence electrons. The highest BCUT2D eigenvalue weighted by Crippen LogP contribution is 2.25. The summed E-state index contributed by atoms with van der Waals surface area (Å²) < 4.78 is 8.49. The maximum atomic E-state index is 6.03. The Morgan fingerprint density at radius 1 is 1.37 bits per heavy atom. The predicted octanol–water partition coefficient (Wildman–Crippen LogP) is 3.62. The third kappa shape index (κ3) is 2.87. The lowest BCUT2D eigenvalue weighted by Gasteiger charge is -2.17. The van der Waals surface area contributed by atoms with Gasteiger partial charge in [-0.1, -0.05) is 13.0 Å². The van der Waals surface area contributed by atoms with Gasteiger partial charge in [0.05, 0.1) is 0 Å². The van der Waals surface area contributed by atoms with E-state index in [-0.39, 0.29) is 6.10 Å². The van der Waals surface area contributed by atoms with Crippen molar-refractivity contribution in [2.75, 3.05) is 0 Å². The molecular formula is C14H19N3OS. The Balaban J connectivity index is 2.26. The van der Waals surface area contributed by atoms with Crippen molar-refractivity contribution in [2.45, 2.75) is 33.3 Å². The number of hydrogen-bond acceptors (Lipinski definition) is 3. The first-order valence-electron chi connectivity index (χ1n) is 6.38. The fourth-order valence-corrected chi connectivity index (χ4v) is 2.06. The van der Waals surface area contributed by atoms with Crippen LogP contribution in [-0.4, -0.2) is 14.8 Å². The van der Waals surface area contributed by atoms with Crippen molar-refractivity contribution < 1.29 is 4.74 Å². The summed E-state index contributed by atoms with van der Waals surface area (Å²) in [6.07, 6.45) is 0.737. The Hall–Kier alpha value is -1.62. The normalized spacial score (nSPS) is 12.4. The van der Waals surface area contributed by atoms with Crippen molar-refractivity contribution in [1.29, 1.82) is 0 Å². The number of hydrogen-bond donors (Lipinski definition) is 1. The maximum Gasteiger partial charge on any atom is 0.195 e. The number of aryl methyl sites for hydroxylation is 2. The van der Waals surface area contributed by atoms with Crippen LogP contribution < -0.4 is 4.74 Å². The van der Waals surface area contributed by atoms with Crippen LogP contribution in [0.15, 0.2) is 18.2 Å². The zero-order valence-electron chi connectivity index (χ0n) is 11.7. The van der Waals surface area contributed by atoms with Gasteiger partial charge in [0.1, 0.15) is 5.75 Å². The minimum Gasteiger partial charge on any atom is -0.482 e. The molecule has 0 spiro atoms. The van der Waals surface area contributed by atoms with E-state index in [9.17, 15) is 0 Å². The molecule has 2 aromatic rings. The summed E-state index contributed by atoms with van der Waals surface area (Å²) in [6, 6.07) is 6.12. The molecule has 1 aromatic heterocycles. The molecule has 0 unspecified atom stereocenters. The van der Waals surface area contributed by atoms with Gasteiger partial charge in [0.15, 0.2) is 16.7 Å². The van der Waals surface area contributed by atoms with E-state index in [1.54, 1.807) is 0 Å². The van der Waals surface area contributed by atoms with Crippen molar-refractivity contribution >= 4 is 12.2 Å². The van der Waals surface area contributed by atoms with E-state index in [0.717, 1.165) is 18.0 Å². The summed E-state index contributed by atoms with van der Waals surface area (Å²) in [6.45, 7) is 6.25. The lowest BCUT2D eigenvalue weighted by atomic mass is 10.1. The van der Waals surface area contributed by atoms with Gasteiger partial charge in [-0.15, -0.1) is 0 Å². The average Bonchev–Trinajstić information content (AvgIpc) is 2.72. The highest BCUT2D eigenvalue weighted by atomic mass is 32.1. The zero-order valence-corrected chi connectivity index (χ0v) is 12.5. The van der Waals surface area contributed by atoms with Crippen LogP contribution in [0, 0.1) is 18.6 Å². The topological polar surface area (TPSA) is 42.8 Å². The summed E-state index contributed by atoms with van der Waals surface area (Å²) in [5, 5.41) is 7.04. The smallest absolute Gasteiger partial charge is 0.195 e. The van der Waals surface area contributed by atoms with Crippen molar-refractivity contribution in [3.05, 3.63) is 39.9 Å². The van der Waals surface area contributed by atoms with Gasteiger partial charge >= 0.3 is 0 Å². The fourth-order valence-electron chi connectivity index (χ4n) is 1.92. The standard InChI is InChI=1S/C14H19N3OS/c1-5-12(13-15-16-14(19)17(13)4)18-11-7-6-9(2)10(3)8-11/h6-8,12H,5H2,1-4H3,(H,16,19)/t12-/m0/s1. The summed E-state index contributed by atoms with van der Waals surface area (Å²) in [7, 11) is 1.90. The molecule has 19 heavy (non-hydrogen) atoms. The van der Waals surface area contributed by atoms with Crippen LogP contribution in [0.1, 0.15) is 36.4 Å². The summed E-state index contributed by atoms with van der Waals surface area (Å²) in [5.41, 5.74) is 2.49. The molecule has 1 heterocycles. The van der Waals surface area contributed by atoms with Gasteiger partial charge in [-0.2, -0.15) is 5.10 Å². The number of nitrogens with one attached hydrogen (secondary N) is 1. The second-order valence-corrected chi connectivity index (χ2v) is 5.09. The highest BCUT2D eigenvalue weighted by Gasteiger charge is 2.17. The molecule has 0 saturated heterocycles. The van der Waals surface area contributed by atoms with E-state index >= 15 is 0 Å². The molecule has 0 amide bonds. The van der Waals surface area contributed by atoms with E-state index in [1.165, 1.54) is 11.1 Å². The quantitative estimate of drug-likeness (QED) is 0.868. The van der Waals surface area contributed by atoms with Gasteiger partial charge in [0, 0.05) is 7.05 Å². The maximum absolute atomic E-state index is 6.03. The van der Waals surface area contributed by atoms with E-state index < -0.39 is 0 Å². The fraction of sp³-hybridized carbons (Fsp3) is 0.429. The lowest BCUT2D eigenvalue weighted by molar-refractivity contribution is 0.187. The van der Waals surface area contributed by atoms with Gasteiger partial charge in [0.2, 0.25) is 0 Å². The number of ether oxygens (including phenoxy) is 1. The SMILES string of the molecule is CC[C@H](Oc1ccc(C)c(C)c1)c1n[nH]c(=S)n1C. The molecule has 1 aromatic carbocycles. The largest absolute Gasteiger partial charge is 0.482 e. The van der Waals surface area contributed by atoms with Crippen LogP contribution in [0.2, 0.25) is 0 Å². The third-order valence-corrected chi connectivity index (χ3v) is 3.70. The zero-order chi connectivity index (χ0) is 14.0. The molecule has 0 radical (unpaired) electrons. The molecule has 0 fully saturated rings. The molecule has 0 aliphatic rings. The average molecular weight is 277 g/mol. The monoisotopic (exact) mass is 277 g/mol. The summed E-state index contributed by atoms with van der Waals surface area (Å²) in [4.78, 5) is 0. The minimum atomic E-state index is -0.0972. The van der Waals surface area contributed by atoms with Gasteiger partial charge in [-0.25, -0.2) is 0 Å². The van der Waals surface area contributed by atoms with Crippen LogP contribution in [-0.2, 0) is 7.05 Å². The highest BCUT2D eigenvalue weighted by molar-refractivity contribution is 7.71. The number of nitrogens with zero attached hydrogens (tertiary/aromatic N) is 2. The third-order valence-electron chi connectivity index (χ3n) is 3.33. The molecule has 0 saturated carbocycles. The molecule has 5 heteroatoms. The van der Waals surface area contributed by atoms with Crippen LogP contribution >= 0.6 is 12.2 Å². The van der Waals surface area contributed by atoms with Gasteiger partial charge in [-0.05, 0) is 55.7 Å². The molecule has 1 atom stereocenters. The molecule has 0 aliphatic heterocycles. The van der Waals surface area contributed by atoms with Crippen molar-refractivity contribution in [3.8, 4) is 5.75 Å². The number of aromatic amines is 1. The molecular weight excluding hydrogens is 258 g/mol. The minimum absolute atomic E-state index is 0.0972. The van der Waals surface area contributed by atoms with Crippen molar-refractivity contribution in [1.82, 2.24) is 14.8 Å². The Morgan fingerprint density at radius 3 is 2.63 bits per heavy atom. The molecule has 0 bridgehead atoms. The van der Waals surface area contributed by atoms with Crippen molar-refractivity contribution in [3.63, 3.8) is 0 Å². The second kappa shape index (κ2) is 5.57. The number of H-pyrrole nitrogens is 1. The number of rotatable bonds is 4.